The van der Waals surface area contributed by atoms with Crippen molar-refractivity contribution in [3.63, 3.8) is 0 Å². The third kappa shape index (κ3) is 1.08. The SMILES string of the molecule is CC1=CC2C(C#N)=CC=CC2N1C. The maximum Gasteiger partial charge on any atom is 0.0954 e. The Kier molecular flexibility index (Phi) is 1.73. The van der Waals surface area contributed by atoms with Gasteiger partial charge in [-0.25, -0.2) is 0 Å². The van der Waals surface area contributed by atoms with Crippen LogP contribution in [0.25, 0.3) is 0 Å². The fraction of sp³-hybridized carbons (Fsp3) is 0.364. The first kappa shape index (κ1) is 8.12. The van der Waals surface area contributed by atoms with Gasteiger partial charge in [0.1, 0.15) is 0 Å². The molecule has 13 heavy (non-hydrogen) atoms. The third-order valence-electron chi connectivity index (χ3n) is 2.86. The largest absolute Gasteiger partial charge is 0.371 e. The Hall–Kier alpha value is -1.49. The Morgan fingerprint density at radius 3 is 3.00 bits per heavy atom. The molecule has 2 unspecified atom stereocenters. The number of hydrogen-bond acceptors (Lipinski definition) is 2. The van der Waals surface area contributed by atoms with E-state index in [9.17, 15) is 0 Å². The highest BCUT2D eigenvalue weighted by atomic mass is 15.2. The maximum absolute atomic E-state index is 8.91. The number of fused-ring (bicyclic) bond motifs is 1. The predicted octanol–water partition coefficient (Wildman–Crippen LogP) is 1.84. The van der Waals surface area contributed by atoms with Crippen LogP contribution in [0.3, 0.4) is 0 Å². The Morgan fingerprint density at radius 1 is 1.54 bits per heavy atom. The average Bonchev–Trinajstić information content (AvgIpc) is 2.43. The lowest BCUT2D eigenvalue weighted by Gasteiger charge is -2.26. The molecule has 0 N–H and O–H groups in total. The van der Waals surface area contributed by atoms with Gasteiger partial charge in [0.2, 0.25) is 0 Å². The van der Waals surface area contributed by atoms with Gasteiger partial charge in [-0.05, 0) is 13.0 Å². The van der Waals surface area contributed by atoms with Gasteiger partial charge in [-0.3, -0.25) is 0 Å². The van der Waals surface area contributed by atoms with Crippen molar-refractivity contribution in [1.82, 2.24) is 4.90 Å². The summed E-state index contributed by atoms with van der Waals surface area (Å²) >= 11 is 0. The second-order valence-electron chi connectivity index (χ2n) is 3.55. The molecule has 1 heterocycles. The van der Waals surface area contributed by atoms with Crippen molar-refractivity contribution in [1.29, 1.82) is 5.26 Å². The fourth-order valence-corrected chi connectivity index (χ4v) is 1.97. The summed E-state index contributed by atoms with van der Waals surface area (Å²) in [6, 6.07) is 2.62. The van der Waals surface area contributed by atoms with E-state index in [0.29, 0.717) is 6.04 Å². The van der Waals surface area contributed by atoms with Crippen LogP contribution in [0.2, 0.25) is 0 Å². The van der Waals surface area contributed by atoms with Gasteiger partial charge in [0, 0.05) is 24.2 Å². The Morgan fingerprint density at radius 2 is 2.31 bits per heavy atom. The molecule has 0 aromatic heterocycles. The van der Waals surface area contributed by atoms with Crippen LogP contribution in [0, 0.1) is 17.2 Å². The molecule has 0 fully saturated rings. The first-order chi connectivity index (χ1) is 6.24. The van der Waals surface area contributed by atoms with Gasteiger partial charge in [-0.15, -0.1) is 0 Å². The molecule has 0 saturated carbocycles. The van der Waals surface area contributed by atoms with Gasteiger partial charge in [-0.2, -0.15) is 5.26 Å². The molecular weight excluding hydrogens is 160 g/mol. The molecule has 2 aliphatic rings. The number of hydrogen-bond donors (Lipinski definition) is 0. The summed E-state index contributed by atoms with van der Waals surface area (Å²) in [5.74, 6) is 0.278. The number of nitrogens with zero attached hydrogens (tertiary/aromatic N) is 2. The van der Waals surface area contributed by atoms with Crippen molar-refractivity contribution in [2.24, 2.45) is 5.92 Å². The minimum absolute atomic E-state index is 0.278. The van der Waals surface area contributed by atoms with Gasteiger partial charge in [-0.1, -0.05) is 18.2 Å². The van der Waals surface area contributed by atoms with Crippen LogP contribution >= 0.6 is 0 Å². The summed E-state index contributed by atoms with van der Waals surface area (Å²) in [4.78, 5) is 2.21. The van der Waals surface area contributed by atoms with Crippen molar-refractivity contribution in [2.45, 2.75) is 13.0 Å². The van der Waals surface area contributed by atoms with Crippen molar-refractivity contribution < 1.29 is 0 Å². The minimum atomic E-state index is 0.278. The molecule has 0 radical (unpaired) electrons. The first-order valence-corrected chi connectivity index (χ1v) is 4.44. The number of rotatable bonds is 0. The molecule has 2 nitrogen and oxygen atoms in total. The van der Waals surface area contributed by atoms with Gasteiger partial charge in [0.15, 0.2) is 0 Å². The zero-order chi connectivity index (χ0) is 9.42. The van der Waals surface area contributed by atoms with Gasteiger partial charge < -0.3 is 4.90 Å². The lowest BCUT2D eigenvalue weighted by molar-refractivity contribution is 0.353. The second kappa shape index (κ2) is 2.77. The van der Waals surface area contributed by atoms with E-state index >= 15 is 0 Å². The lowest BCUT2D eigenvalue weighted by atomic mass is 9.89. The molecule has 0 saturated heterocycles. The molecule has 66 valence electrons. The molecule has 1 aliphatic carbocycles. The molecule has 0 aromatic rings. The summed E-state index contributed by atoms with van der Waals surface area (Å²) in [6.45, 7) is 2.08. The smallest absolute Gasteiger partial charge is 0.0954 e. The Bertz CT molecular complexity index is 355. The average molecular weight is 172 g/mol. The van der Waals surface area contributed by atoms with Crippen LogP contribution in [-0.4, -0.2) is 18.0 Å². The number of nitriles is 1. The highest BCUT2D eigenvalue weighted by molar-refractivity contribution is 5.41. The zero-order valence-corrected chi connectivity index (χ0v) is 7.86. The van der Waals surface area contributed by atoms with Crippen LogP contribution in [-0.2, 0) is 0 Å². The van der Waals surface area contributed by atoms with Crippen molar-refractivity contribution in [3.8, 4) is 6.07 Å². The third-order valence-corrected chi connectivity index (χ3v) is 2.86. The predicted molar refractivity (Wildman–Crippen MR) is 51.6 cm³/mol. The monoisotopic (exact) mass is 172 g/mol. The van der Waals surface area contributed by atoms with E-state index in [1.54, 1.807) is 0 Å². The standard InChI is InChI=1S/C11H12N2/c1-8-6-10-9(7-12)4-3-5-11(10)13(8)2/h3-6,10-11H,1-2H3. The molecule has 2 rings (SSSR count). The summed E-state index contributed by atoms with van der Waals surface area (Å²) in [7, 11) is 2.07. The van der Waals surface area contributed by atoms with Crippen LogP contribution < -0.4 is 0 Å². The van der Waals surface area contributed by atoms with E-state index in [1.807, 2.05) is 12.2 Å². The molecular formula is C11H12N2. The van der Waals surface area contributed by atoms with E-state index < -0.39 is 0 Å². The van der Waals surface area contributed by atoms with Crippen LogP contribution in [0.4, 0.5) is 0 Å². The normalized spacial score (nSPS) is 30.7. The summed E-state index contributed by atoms with van der Waals surface area (Å²) in [5, 5.41) is 8.91. The van der Waals surface area contributed by atoms with Crippen LogP contribution in [0.5, 0.6) is 0 Å². The first-order valence-electron chi connectivity index (χ1n) is 4.44. The fourth-order valence-electron chi connectivity index (χ4n) is 1.97. The molecule has 2 heteroatoms. The van der Waals surface area contributed by atoms with Gasteiger partial charge in [0.05, 0.1) is 12.1 Å². The van der Waals surface area contributed by atoms with E-state index in [1.165, 1.54) is 5.70 Å². The van der Waals surface area contributed by atoms with Crippen molar-refractivity contribution in [2.75, 3.05) is 7.05 Å². The molecule has 0 aromatic carbocycles. The van der Waals surface area contributed by atoms with E-state index in [2.05, 4.69) is 37.1 Å². The Balaban J connectivity index is 2.38. The van der Waals surface area contributed by atoms with Crippen LogP contribution in [0.1, 0.15) is 6.92 Å². The summed E-state index contributed by atoms with van der Waals surface area (Å²) < 4.78 is 0. The lowest BCUT2D eigenvalue weighted by Crippen LogP contribution is -2.30. The quantitative estimate of drug-likeness (QED) is 0.557. The maximum atomic E-state index is 8.91. The molecule has 0 bridgehead atoms. The van der Waals surface area contributed by atoms with Crippen molar-refractivity contribution >= 4 is 0 Å². The molecule has 0 spiro atoms. The number of likely N-dealkylation sites (N-methyl/N-ethyl adjacent to an activating group) is 1. The van der Waals surface area contributed by atoms with E-state index in [4.69, 9.17) is 5.26 Å². The molecule has 2 atom stereocenters. The highest BCUT2D eigenvalue weighted by Crippen LogP contribution is 2.33. The van der Waals surface area contributed by atoms with Crippen LogP contribution in [0.15, 0.2) is 35.6 Å². The summed E-state index contributed by atoms with van der Waals surface area (Å²) in [6.07, 6.45) is 8.20. The van der Waals surface area contributed by atoms with Gasteiger partial charge >= 0.3 is 0 Å². The second-order valence-corrected chi connectivity index (χ2v) is 3.55. The van der Waals surface area contributed by atoms with E-state index in [0.717, 1.165) is 5.57 Å². The molecule has 1 aliphatic heterocycles. The topological polar surface area (TPSA) is 27.0 Å². The van der Waals surface area contributed by atoms with Gasteiger partial charge in [0.25, 0.3) is 0 Å². The Labute approximate surface area is 78.5 Å². The van der Waals surface area contributed by atoms with E-state index in [-0.39, 0.29) is 5.92 Å². The number of allylic oxidation sites excluding steroid dienone is 3. The molecule has 0 amide bonds. The minimum Gasteiger partial charge on any atom is -0.371 e. The summed E-state index contributed by atoms with van der Waals surface area (Å²) in [5.41, 5.74) is 2.12. The van der Waals surface area contributed by atoms with Crippen molar-refractivity contribution in [3.05, 3.63) is 35.6 Å². The highest BCUT2D eigenvalue weighted by Gasteiger charge is 2.32. The zero-order valence-electron chi connectivity index (χ0n) is 7.86.